The number of hydrogen-bond acceptors (Lipinski definition) is 4. The van der Waals surface area contributed by atoms with E-state index in [0.717, 1.165) is 50.4 Å². The second-order valence-corrected chi connectivity index (χ2v) is 5.57. The number of hydrogen-bond donors (Lipinski definition) is 2. The first-order valence-electron chi connectivity index (χ1n) is 7.88. The van der Waals surface area contributed by atoms with E-state index >= 15 is 0 Å². The third-order valence-corrected chi connectivity index (χ3v) is 3.92. The van der Waals surface area contributed by atoms with Crippen LogP contribution in [0.15, 0.2) is 18.2 Å². The summed E-state index contributed by atoms with van der Waals surface area (Å²) >= 11 is 0. The van der Waals surface area contributed by atoms with Crippen molar-refractivity contribution in [3.8, 4) is 0 Å². The lowest BCUT2D eigenvalue weighted by Crippen LogP contribution is -2.29. The van der Waals surface area contributed by atoms with E-state index in [1.165, 1.54) is 12.8 Å². The Kier molecular flexibility index (Phi) is 6.27. The van der Waals surface area contributed by atoms with Crippen LogP contribution in [0.1, 0.15) is 44.7 Å². The fraction of sp³-hybridized carbons (Fsp3) is 0.688. The second-order valence-electron chi connectivity index (χ2n) is 5.57. The maximum absolute atomic E-state index is 8.98. The van der Waals surface area contributed by atoms with Gasteiger partial charge in [-0.15, -0.1) is 0 Å². The van der Waals surface area contributed by atoms with Crippen LogP contribution in [0.2, 0.25) is 0 Å². The van der Waals surface area contributed by atoms with Crippen LogP contribution in [-0.4, -0.2) is 40.7 Å². The molecule has 0 spiro atoms. The van der Waals surface area contributed by atoms with Crippen molar-refractivity contribution in [3.05, 3.63) is 23.9 Å². The Morgan fingerprint density at radius 3 is 3.15 bits per heavy atom. The Hall–Kier alpha value is -1.13. The first-order valence-corrected chi connectivity index (χ1v) is 7.88. The maximum atomic E-state index is 8.98. The van der Waals surface area contributed by atoms with Crippen molar-refractivity contribution >= 4 is 5.82 Å². The summed E-state index contributed by atoms with van der Waals surface area (Å²) in [6.07, 6.45) is 5.65. The number of nitrogens with zero attached hydrogens (tertiary/aromatic N) is 2. The molecule has 1 aromatic heterocycles. The van der Waals surface area contributed by atoms with Crippen molar-refractivity contribution < 1.29 is 5.11 Å². The predicted octanol–water partition coefficient (Wildman–Crippen LogP) is 2.64. The summed E-state index contributed by atoms with van der Waals surface area (Å²) < 4.78 is 0. The first-order chi connectivity index (χ1) is 9.83. The van der Waals surface area contributed by atoms with Gasteiger partial charge >= 0.3 is 0 Å². The molecule has 1 unspecified atom stereocenters. The number of rotatable bonds is 8. The van der Waals surface area contributed by atoms with Gasteiger partial charge in [0, 0.05) is 25.7 Å². The zero-order valence-corrected chi connectivity index (χ0v) is 12.5. The van der Waals surface area contributed by atoms with Gasteiger partial charge in [0.15, 0.2) is 0 Å². The number of nitrogens with one attached hydrogen (secondary N) is 1. The van der Waals surface area contributed by atoms with Gasteiger partial charge in [-0.2, -0.15) is 0 Å². The summed E-state index contributed by atoms with van der Waals surface area (Å²) in [5.41, 5.74) is 1.14. The van der Waals surface area contributed by atoms with E-state index in [2.05, 4.69) is 34.3 Å². The SMILES string of the molecule is CCCNc1cccc(CN2CCCC2CCCO)n1. The van der Waals surface area contributed by atoms with Gasteiger partial charge in [0.25, 0.3) is 0 Å². The highest BCUT2D eigenvalue weighted by Crippen LogP contribution is 2.23. The first kappa shape index (κ1) is 15.3. The second kappa shape index (κ2) is 8.22. The number of aromatic nitrogens is 1. The molecule has 2 heterocycles. The normalized spacial score (nSPS) is 19.4. The molecule has 1 aromatic rings. The molecule has 4 nitrogen and oxygen atoms in total. The highest BCUT2D eigenvalue weighted by Gasteiger charge is 2.24. The Labute approximate surface area is 122 Å². The molecule has 1 fully saturated rings. The average molecular weight is 277 g/mol. The summed E-state index contributed by atoms with van der Waals surface area (Å²) in [5, 5.41) is 12.3. The van der Waals surface area contributed by atoms with E-state index in [0.29, 0.717) is 12.6 Å². The minimum absolute atomic E-state index is 0.305. The lowest BCUT2D eigenvalue weighted by atomic mass is 10.1. The smallest absolute Gasteiger partial charge is 0.126 e. The van der Waals surface area contributed by atoms with E-state index in [9.17, 15) is 0 Å². The molecule has 4 heteroatoms. The zero-order valence-electron chi connectivity index (χ0n) is 12.5. The Morgan fingerprint density at radius 1 is 1.45 bits per heavy atom. The number of aliphatic hydroxyl groups excluding tert-OH is 1. The maximum Gasteiger partial charge on any atom is 0.126 e. The van der Waals surface area contributed by atoms with Gasteiger partial charge in [0.2, 0.25) is 0 Å². The van der Waals surface area contributed by atoms with Gasteiger partial charge < -0.3 is 10.4 Å². The fourth-order valence-corrected chi connectivity index (χ4v) is 2.88. The quantitative estimate of drug-likeness (QED) is 0.767. The zero-order chi connectivity index (χ0) is 14.2. The Morgan fingerprint density at radius 2 is 2.35 bits per heavy atom. The van der Waals surface area contributed by atoms with E-state index in [1.807, 2.05) is 6.07 Å². The van der Waals surface area contributed by atoms with E-state index < -0.39 is 0 Å². The molecule has 1 atom stereocenters. The minimum Gasteiger partial charge on any atom is -0.396 e. The van der Waals surface area contributed by atoms with Crippen molar-refractivity contribution in [3.63, 3.8) is 0 Å². The van der Waals surface area contributed by atoms with Gasteiger partial charge in [-0.1, -0.05) is 13.0 Å². The van der Waals surface area contributed by atoms with Crippen LogP contribution in [-0.2, 0) is 6.54 Å². The van der Waals surface area contributed by atoms with Crippen LogP contribution in [0.5, 0.6) is 0 Å². The summed E-state index contributed by atoms with van der Waals surface area (Å²) in [5.74, 6) is 0.982. The van der Waals surface area contributed by atoms with Crippen LogP contribution >= 0.6 is 0 Å². The van der Waals surface area contributed by atoms with E-state index in [-0.39, 0.29) is 0 Å². The Balaban J connectivity index is 1.91. The highest BCUT2D eigenvalue weighted by molar-refractivity contribution is 5.35. The molecule has 1 saturated heterocycles. The largest absolute Gasteiger partial charge is 0.396 e. The molecule has 0 amide bonds. The van der Waals surface area contributed by atoms with Crippen LogP contribution < -0.4 is 5.32 Å². The molecular formula is C16H27N3O. The lowest BCUT2D eigenvalue weighted by molar-refractivity contribution is 0.208. The van der Waals surface area contributed by atoms with Crippen LogP contribution in [0.3, 0.4) is 0 Å². The van der Waals surface area contributed by atoms with Crippen molar-refractivity contribution in [2.24, 2.45) is 0 Å². The number of aliphatic hydroxyl groups is 1. The van der Waals surface area contributed by atoms with Gasteiger partial charge in [-0.05, 0) is 50.8 Å². The predicted molar refractivity (Wildman–Crippen MR) is 82.8 cm³/mol. The van der Waals surface area contributed by atoms with Crippen LogP contribution in [0.25, 0.3) is 0 Å². The summed E-state index contributed by atoms with van der Waals surface area (Å²) in [6.45, 7) is 5.52. The third kappa shape index (κ3) is 4.46. The van der Waals surface area contributed by atoms with Gasteiger partial charge in [-0.3, -0.25) is 4.90 Å². The number of likely N-dealkylation sites (tertiary alicyclic amines) is 1. The molecule has 20 heavy (non-hydrogen) atoms. The highest BCUT2D eigenvalue weighted by atomic mass is 16.2. The van der Waals surface area contributed by atoms with Gasteiger partial charge in [0.05, 0.1) is 5.69 Å². The van der Waals surface area contributed by atoms with Crippen LogP contribution in [0, 0.1) is 0 Å². The van der Waals surface area contributed by atoms with Crippen molar-refractivity contribution in [2.75, 3.05) is 25.0 Å². The number of anilines is 1. The Bertz CT molecular complexity index is 397. The molecule has 2 N–H and O–H groups in total. The van der Waals surface area contributed by atoms with Crippen molar-refractivity contribution in [1.29, 1.82) is 0 Å². The molecule has 0 bridgehead atoms. The van der Waals surface area contributed by atoms with Crippen molar-refractivity contribution in [2.45, 2.75) is 51.6 Å². The molecular weight excluding hydrogens is 250 g/mol. The molecule has 1 aliphatic rings. The molecule has 2 rings (SSSR count). The third-order valence-electron chi connectivity index (χ3n) is 3.92. The monoisotopic (exact) mass is 277 g/mol. The average Bonchev–Trinajstić information content (AvgIpc) is 2.90. The van der Waals surface area contributed by atoms with E-state index in [1.54, 1.807) is 0 Å². The van der Waals surface area contributed by atoms with Crippen molar-refractivity contribution in [1.82, 2.24) is 9.88 Å². The summed E-state index contributed by atoms with van der Waals surface area (Å²) in [6, 6.07) is 6.85. The number of pyridine rings is 1. The molecule has 1 aliphatic heterocycles. The van der Waals surface area contributed by atoms with Gasteiger partial charge in [-0.25, -0.2) is 4.98 Å². The molecule has 0 saturated carbocycles. The minimum atomic E-state index is 0.305. The molecule has 0 aliphatic carbocycles. The topological polar surface area (TPSA) is 48.4 Å². The molecule has 112 valence electrons. The standard InChI is InChI=1S/C16H27N3O/c1-2-10-17-16-9-3-6-14(18-16)13-19-11-4-7-15(19)8-5-12-20/h3,6,9,15,20H,2,4-5,7-8,10-13H2,1H3,(H,17,18). The van der Waals surface area contributed by atoms with Gasteiger partial charge in [0.1, 0.15) is 5.82 Å². The lowest BCUT2D eigenvalue weighted by Gasteiger charge is -2.24. The van der Waals surface area contributed by atoms with E-state index in [4.69, 9.17) is 5.11 Å². The van der Waals surface area contributed by atoms with Crippen LogP contribution in [0.4, 0.5) is 5.82 Å². The summed E-state index contributed by atoms with van der Waals surface area (Å²) in [7, 11) is 0. The summed E-state index contributed by atoms with van der Waals surface area (Å²) in [4.78, 5) is 7.20. The fourth-order valence-electron chi connectivity index (χ4n) is 2.88. The molecule has 0 aromatic carbocycles. The molecule has 0 radical (unpaired) electrons.